The van der Waals surface area contributed by atoms with E-state index < -0.39 is 16.1 Å². The molecule has 0 saturated heterocycles. The first-order valence-electron chi connectivity index (χ1n) is 11.9. The Morgan fingerprint density at radius 2 is 1.83 bits per heavy atom. The van der Waals surface area contributed by atoms with E-state index in [4.69, 9.17) is 4.74 Å². The summed E-state index contributed by atoms with van der Waals surface area (Å²) in [5, 5.41) is 9.83. The van der Waals surface area contributed by atoms with Crippen LogP contribution in [0.3, 0.4) is 0 Å². The third-order valence-electron chi connectivity index (χ3n) is 6.47. The van der Waals surface area contributed by atoms with Crippen molar-refractivity contribution in [3.8, 4) is 16.9 Å². The molecule has 7 nitrogen and oxygen atoms in total. The number of fused-ring (bicyclic) bond motifs is 1. The van der Waals surface area contributed by atoms with Crippen LogP contribution in [0.5, 0.6) is 5.75 Å². The third kappa shape index (κ3) is 5.73. The highest BCUT2D eigenvalue weighted by atomic mass is 32.2. The molecule has 1 N–H and O–H groups in total. The molecule has 0 spiro atoms. The van der Waals surface area contributed by atoms with Gasteiger partial charge in [0.1, 0.15) is 16.7 Å². The number of hydrogen-bond donors (Lipinski definition) is 1. The van der Waals surface area contributed by atoms with Gasteiger partial charge in [0, 0.05) is 44.0 Å². The largest absolute Gasteiger partial charge is 0.487 e. The number of pyridine rings is 1. The summed E-state index contributed by atoms with van der Waals surface area (Å²) in [4.78, 5) is 6.39. The van der Waals surface area contributed by atoms with Gasteiger partial charge in [-0.25, -0.2) is 8.42 Å². The molecule has 35 heavy (non-hydrogen) atoms. The lowest BCUT2D eigenvalue weighted by Crippen LogP contribution is -2.49. The van der Waals surface area contributed by atoms with Crippen LogP contribution in [0.1, 0.15) is 19.4 Å². The van der Waals surface area contributed by atoms with Crippen molar-refractivity contribution in [3.05, 3.63) is 78.6 Å². The zero-order valence-electron chi connectivity index (χ0n) is 20.4. The standard InChI is InChI=1S/C27H33N3O4S/c1-20-16-30(21(2)19-31)35(32,33)27-10-9-24(23-7-5-4-6-8-23)15-25(27)34-26(20)18-29(3)17-22-11-13-28-14-12-22/h4-15,20-21,26,31H,16-19H2,1-3H3/t20-,21-,26+/m0/s1. The van der Waals surface area contributed by atoms with Crippen LogP contribution in [0.4, 0.5) is 0 Å². The van der Waals surface area contributed by atoms with E-state index in [1.54, 1.807) is 25.4 Å². The van der Waals surface area contributed by atoms with Crippen LogP contribution < -0.4 is 4.74 Å². The summed E-state index contributed by atoms with van der Waals surface area (Å²) >= 11 is 0. The van der Waals surface area contributed by atoms with E-state index in [0.29, 0.717) is 12.3 Å². The molecule has 0 aliphatic carbocycles. The molecule has 186 valence electrons. The Hall–Kier alpha value is -2.78. The number of aromatic nitrogens is 1. The van der Waals surface area contributed by atoms with Gasteiger partial charge in [-0.05, 0) is 54.9 Å². The molecule has 1 aliphatic heterocycles. The number of ether oxygens (including phenoxy) is 1. The Morgan fingerprint density at radius 1 is 1.11 bits per heavy atom. The molecule has 2 heterocycles. The minimum Gasteiger partial charge on any atom is -0.487 e. The van der Waals surface area contributed by atoms with Crippen molar-refractivity contribution in [1.82, 2.24) is 14.2 Å². The Kier molecular flexibility index (Phi) is 7.86. The van der Waals surface area contributed by atoms with Gasteiger partial charge >= 0.3 is 0 Å². The number of benzene rings is 2. The minimum atomic E-state index is -3.86. The van der Waals surface area contributed by atoms with Crippen molar-refractivity contribution in [1.29, 1.82) is 0 Å². The number of rotatable bonds is 7. The molecule has 0 radical (unpaired) electrons. The van der Waals surface area contributed by atoms with E-state index in [-0.39, 0.29) is 30.1 Å². The lowest BCUT2D eigenvalue weighted by atomic mass is 10.0. The molecule has 0 amide bonds. The van der Waals surface area contributed by atoms with Crippen LogP contribution in [0, 0.1) is 5.92 Å². The van der Waals surface area contributed by atoms with Gasteiger partial charge in [-0.2, -0.15) is 4.31 Å². The second-order valence-electron chi connectivity index (χ2n) is 9.32. The van der Waals surface area contributed by atoms with Crippen molar-refractivity contribution in [3.63, 3.8) is 0 Å². The summed E-state index contributed by atoms with van der Waals surface area (Å²) in [6.45, 7) is 5.08. The zero-order chi connectivity index (χ0) is 25.0. The van der Waals surface area contributed by atoms with Crippen LogP contribution in [0.2, 0.25) is 0 Å². The monoisotopic (exact) mass is 495 g/mol. The quantitative estimate of drug-likeness (QED) is 0.539. The van der Waals surface area contributed by atoms with Crippen LogP contribution >= 0.6 is 0 Å². The van der Waals surface area contributed by atoms with Gasteiger partial charge in [-0.1, -0.05) is 43.3 Å². The van der Waals surface area contributed by atoms with Crippen molar-refractivity contribution >= 4 is 10.0 Å². The van der Waals surface area contributed by atoms with Crippen molar-refractivity contribution in [2.75, 3.05) is 26.7 Å². The maximum absolute atomic E-state index is 13.7. The second-order valence-corrected chi connectivity index (χ2v) is 11.2. The number of likely N-dealkylation sites (N-methyl/N-ethyl adjacent to an activating group) is 1. The van der Waals surface area contributed by atoms with E-state index >= 15 is 0 Å². The molecule has 0 saturated carbocycles. The molecule has 1 aromatic heterocycles. The Morgan fingerprint density at radius 3 is 2.51 bits per heavy atom. The van der Waals surface area contributed by atoms with Gasteiger partial charge in [0.2, 0.25) is 10.0 Å². The first-order valence-corrected chi connectivity index (χ1v) is 13.3. The first kappa shape index (κ1) is 25.3. The minimum absolute atomic E-state index is 0.104. The van der Waals surface area contributed by atoms with Gasteiger partial charge in [0.25, 0.3) is 0 Å². The van der Waals surface area contributed by atoms with Crippen LogP contribution in [-0.4, -0.2) is 66.6 Å². The number of hydrogen-bond acceptors (Lipinski definition) is 6. The van der Waals surface area contributed by atoms with Gasteiger partial charge in [0.05, 0.1) is 6.61 Å². The molecule has 8 heteroatoms. The molecule has 4 rings (SSSR count). The molecule has 0 bridgehead atoms. The summed E-state index contributed by atoms with van der Waals surface area (Å²) in [6, 6.07) is 18.5. The first-order chi connectivity index (χ1) is 16.8. The average Bonchev–Trinajstić information content (AvgIpc) is 2.86. The highest BCUT2D eigenvalue weighted by Crippen LogP contribution is 2.36. The molecule has 1 aliphatic rings. The predicted octanol–water partition coefficient (Wildman–Crippen LogP) is 3.65. The highest BCUT2D eigenvalue weighted by Gasteiger charge is 2.38. The van der Waals surface area contributed by atoms with Crippen LogP contribution in [0.15, 0.2) is 78.0 Å². The molecular weight excluding hydrogens is 462 g/mol. The number of aliphatic hydroxyl groups is 1. The fourth-order valence-corrected chi connectivity index (χ4v) is 6.25. The lowest BCUT2D eigenvalue weighted by molar-refractivity contribution is 0.0734. The van der Waals surface area contributed by atoms with E-state index in [1.165, 1.54) is 4.31 Å². The fraction of sp³-hybridized carbons (Fsp3) is 0.370. The predicted molar refractivity (Wildman–Crippen MR) is 136 cm³/mol. The van der Waals surface area contributed by atoms with Crippen molar-refractivity contribution in [2.24, 2.45) is 5.92 Å². The van der Waals surface area contributed by atoms with Gasteiger partial charge in [-0.3, -0.25) is 9.88 Å². The van der Waals surface area contributed by atoms with E-state index in [9.17, 15) is 13.5 Å². The number of sulfonamides is 1. The SMILES string of the molecule is C[C@H]1CN([C@@H](C)CO)S(=O)(=O)c2ccc(-c3ccccc3)cc2O[C@@H]1CN(C)Cc1ccncc1. The number of nitrogens with zero attached hydrogens (tertiary/aromatic N) is 3. The third-order valence-corrected chi connectivity index (χ3v) is 8.49. The summed E-state index contributed by atoms with van der Waals surface area (Å²) in [5.74, 6) is 0.238. The summed E-state index contributed by atoms with van der Waals surface area (Å²) < 4.78 is 35.2. The van der Waals surface area contributed by atoms with E-state index in [2.05, 4.69) is 9.88 Å². The molecular formula is C27H33N3O4S. The normalized spacial score (nSPS) is 20.9. The topological polar surface area (TPSA) is 83.0 Å². The highest BCUT2D eigenvalue weighted by molar-refractivity contribution is 7.89. The van der Waals surface area contributed by atoms with Crippen molar-refractivity contribution < 1.29 is 18.3 Å². The molecule has 3 atom stereocenters. The molecule has 2 aromatic carbocycles. The maximum Gasteiger partial charge on any atom is 0.247 e. The second kappa shape index (κ2) is 10.9. The van der Waals surface area contributed by atoms with Gasteiger partial charge in [-0.15, -0.1) is 0 Å². The zero-order valence-corrected chi connectivity index (χ0v) is 21.2. The smallest absolute Gasteiger partial charge is 0.247 e. The number of aliphatic hydroxyl groups excluding tert-OH is 1. The van der Waals surface area contributed by atoms with Crippen molar-refractivity contribution in [2.45, 2.75) is 37.4 Å². The van der Waals surface area contributed by atoms with E-state index in [0.717, 1.165) is 23.2 Å². The Bertz CT molecular complexity index is 1220. The molecule has 0 unspecified atom stereocenters. The molecule has 3 aromatic rings. The Labute approximate surface area is 208 Å². The fourth-order valence-electron chi connectivity index (χ4n) is 4.43. The Balaban J connectivity index is 1.72. The average molecular weight is 496 g/mol. The van der Waals surface area contributed by atoms with Crippen LogP contribution in [-0.2, 0) is 16.6 Å². The molecule has 0 fully saturated rings. The maximum atomic E-state index is 13.7. The summed E-state index contributed by atoms with van der Waals surface area (Å²) in [7, 11) is -1.83. The van der Waals surface area contributed by atoms with Gasteiger partial charge < -0.3 is 9.84 Å². The van der Waals surface area contributed by atoms with E-state index in [1.807, 2.05) is 68.6 Å². The summed E-state index contributed by atoms with van der Waals surface area (Å²) in [5.41, 5.74) is 3.02. The summed E-state index contributed by atoms with van der Waals surface area (Å²) in [6.07, 6.45) is 3.30. The lowest BCUT2D eigenvalue weighted by Gasteiger charge is -2.37. The van der Waals surface area contributed by atoms with Crippen LogP contribution in [0.25, 0.3) is 11.1 Å². The van der Waals surface area contributed by atoms with Gasteiger partial charge in [0.15, 0.2) is 0 Å².